The Morgan fingerprint density at radius 2 is 2.17 bits per heavy atom. The summed E-state index contributed by atoms with van der Waals surface area (Å²) in [6.45, 7) is 6.94. The van der Waals surface area contributed by atoms with E-state index in [9.17, 15) is 0 Å². The zero-order valence-corrected chi connectivity index (χ0v) is 14.9. The summed E-state index contributed by atoms with van der Waals surface area (Å²) < 4.78 is 12.4. The minimum Gasteiger partial charge on any atom is -0.378 e. The summed E-state index contributed by atoms with van der Waals surface area (Å²) >= 11 is 1.77. The Bertz CT molecular complexity index is 521. The predicted octanol–water partition coefficient (Wildman–Crippen LogP) is 3.39. The number of rotatable bonds is 5. The maximum Gasteiger partial charge on any atom is 0.107 e. The largest absolute Gasteiger partial charge is 0.378 e. The van der Waals surface area contributed by atoms with E-state index in [1.807, 2.05) is 0 Å². The zero-order chi connectivity index (χ0) is 15.7. The van der Waals surface area contributed by atoms with Gasteiger partial charge in [-0.1, -0.05) is 12.8 Å². The van der Waals surface area contributed by atoms with E-state index in [4.69, 9.17) is 9.47 Å². The van der Waals surface area contributed by atoms with Gasteiger partial charge in [-0.3, -0.25) is 4.90 Å². The van der Waals surface area contributed by atoms with Crippen LogP contribution in [0.2, 0.25) is 0 Å². The second-order valence-electron chi connectivity index (χ2n) is 7.66. The Morgan fingerprint density at radius 3 is 2.91 bits per heavy atom. The molecule has 1 aromatic rings. The summed E-state index contributed by atoms with van der Waals surface area (Å²) in [6, 6.07) is 0. The second kappa shape index (κ2) is 6.79. The van der Waals surface area contributed by atoms with Crippen molar-refractivity contribution in [1.82, 2.24) is 9.88 Å². The lowest BCUT2D eigenvalue weighted by Gasteiger charge is -2.53. The van der Waals surface area contributed by atoms with E-state index in [2.05, 4.69) is 22.2 Å². The van der Waals surface area contributed by atoms with Gasteiger partial charge in [-0.25, -0.2) is 4.98 Å². The van der Waals surface area contributed by atoms with Crippen molar-refractivity contribution in [1.29, 1.82) is 0 Å². The van der Waals surface area contributed by atoms with Gasteiger partial charge in [0.15, 0.2) is 0 Å². The highest BCUT2D eigenvalue weighted by Gasteiger charge is 2.47. The number of ether oxygens (including phenoxy) is 2. The molecule has 0 amide bonds. The molecule has 0 bridgehead atoms. The molecule has 23 heavy (non-hydrogen) atoms. The Kier molecular flexibility index (Phi) is 4.72. The third kappa shape index (κ3) is 3.78. The van der Waals surface area contributed by atoms with Crippen molar-refractivity contribution in [3.8, 4) is 0 Å². The van der Waals surface area contributed by atoms with Gasteiger partial charge in [0.25, 0.3) is 0 Å². The van der Waals surface area contributed by atoms with Gasteiger partial charge in [-0.05, 0) is 32.1 Å². The molecule has 3 aliphatic rings. The van der Waals surface area contributed by atoms with Crippen molar-refractivity contribution < 1.29 is 9.47 Å². The van der Waals surface area contributed by atoms with Crippen molar-refractivity contribution in [2.45, 2.75) is 63.7 Å². The van der Waals surface area contributed by atoms with E-state index in [1.165, 1.54) is 30.7 Å². The van der Waals surface area contributed by atoms with Crippen molar-refractivity contribution in [3.05, 3.63) is 16.1 Å². The quantitative estimate of drug-likeness (QED) is 0.825. The average Bonchev–Trinajstić information content (AvgIpc) is 3.16. The van der Waals surface area contributed by atoms with Crippen LogP contribution in [0.4, 0.5) is 0 Å². The first-order chi connectivity index (χ1) is 11.2. The minimum absolute atomic E-state index is 0.0604. The minimum atomic E-state index is 0.0604. The second-order valence-corrected chi connectivity index (χ2v) is 8.60. The molecule has 5 heteroatoms. The van der Waals surface area contributed by atoms with Crippen LogP contribution in [0.3, 0.4) is 0 Å². The lowest BCUT2D eigenvalue weighted by Crippen LogP contribution is -2.65. The summed E-state index contributed by atoms with van der Waals surface area (Å²) in [5, 5.41) is 3.36. The van der Waals surface area contributed by atoms with Crippen LogP contribution in [0.25, 0.3) is 0 Å². The van der Waals surface area contributed by atoms with E-state index in [0.717, 1.165) is 57.3 Å². The molecule has 3 fully saturated rings. The van der Waals surface area contributed by atoms with Gasteiger partial charge in [0.1, 0.15) is 5.01 Å². The Morgan fingerprint density at radius 1 is 1.35 bits per heavy atom. The Labute approximate surface area is 143 Å². The fourth-order valence-corrected chi connectivity index (χ4v) is 5.15. The van der Waals surface area contributed by atoms with Gasteiger partial charge in [0, 0.05) is 43.8 Å². The number of aromatic nitrogens is 1. The number of aryl methyl sites for hydroxylation is 1. The molecule has 128 valence electrons. The smallest absolute Gasteiger partial charge is 0.107 e. The van der Waals surface area contributed by atoms with Crippen LogP contribution in [0.5, 0.6) is 0 Å². The van der Waals surface area contributed by atoms with E-state index >= 15 is 0 Å². The summed E-state index contributed by atoms with van der Waals surface area (Å²) in [6.07, 6.45) is 8.10. The average molecular weight is 337 g/mol. The molecule has 4 rings (SSSR count). The van der Waals surface area contributed by atoms with Crippen molar-refractivity contribution in [3.63, 3.8) is 0 Å². The van der Waals surface area contributed by atoms with Crippen molar-refractivity contribution in [2.24, 2.45) is 5.92 Å². The van der Waals surface area contributed by atoms with Gasteiger partial charge in [-0.2, -0.15) is 0 Å². The van der Waals surface area contributed by atoms with Gasteiger partial charge < -0.3 is 9.47 Å². The molecule has 1 spiro atoms. The molecule has 0 unspecified atom stereocenters. The van der Waals surface area contributed by atoms with Gasteiger partial charge >= 0.3 is 0 Å². The third-order valence-corrected chi connectivity index (χ3v) is 6.49. The molecule has 2 aliphatic heterocycles. The van der Waals surface area contributed by atoms with Crippen LogP contribution in [-0.2, 0) is 16.0 Å². The van der Waals surface area contributed by atoms with Crippen LogP contribution in [0.15, 0.2) is 5.38 Å². The van der Waals surface area contributed by atoms with E-state index in [1.54, 1.807) is 11.3 Å². The highest BCUT2D eigenvalue weighted by atomic mass is 32.1. The molecule has 0 aromatic carbocycles. The zero-order valence-electron chi connectivity index (χ0n) is 14.1. The first-order valence-electron chi connectivity index (χ1n) is 9.10. The van der Waals surface area contributed by atoms with Crippen LogP contribution < -0.4 is 0 Å². The topological polar surface area (TPSA) is 34.6 Å². The molecule has 1 aromatic heterocycles. The van der Waals surface area contributed by atoms with Crippen LogP contribution in [0.1, 0.15) is 49.2 Å². The predicted molar refractivity (Wildman–Crippen MR) is 91.7 cm³/mol. The standard InChI is InChI=1S/C18H28N2O2S/c1-14-11-23-17(19-14)9-20-12-18(13-20)8-16(6-7-22-18)21-10-15-4-2-3-5-15/h11,15-16H,2-10,12-13H2,1H3/t16-/m0/s1. The summed E-state index contributed by atoms with van der Waals surface area (Å²) in [5.41, 5.74) is 1.19. The van der Waals surface area contributed by atoms with Gasteiger partial charge in [0.2, 0.25) is 0 Å². The number of nitrogens with zero attached hydrogens (tertiary/aromatic N) is 2. The fourth-order valence-electron chi connectivity index (χ4n) is 4.34. The maximum atomic E-state index is 6.25. The highest BCUT2D eigenvalue weighted by molar-refractivity contribution is 7.09. The summed E-state index contributed by atoms with van der Waals surface area (Å²) in [4.78, 5) is 7.02. The van der Waals surface area contributed by atoms with Crippen molar-refractivity contribution >= 4 is 11.3 Å². The lowest BCUT2D eigenvalue weighted by atomic mass is 9.84. The number of hydrogen-bond donors (Lipinski definition) is 0. The number of thiazole rings is 1. The molecular weight excluding hydrogens is 308 g/mol. The molecule has 1 atom stereocenters. The first-order valence-corrected chi connectivity index (χ1v) is 9.98. The van der Waals surface area contributed by atoms with E-state index in [0.29, 0.717) is 6.10 Å². The lowest BCUT2D eigenvalue weighted by molar-refractivity contribution is -0.200. The van der Waals surface area contributed by atoms with E-state index < -0.39 is 0 Å². The molecule has 0 radical (unpaired) electrons. The van der Waals surface area contributed by atoms with Crippen LogP contribution in [-0.4, -0.2) is 47.9 Å². The Balaban J connectivity index is 1.23. The molecular formula is C18H28N2O2S. The number of likely N-dealkylation sites (tertiary alicyclic amines) is 1. The van der Waals surface area contributed by atoms with Gasteiger partial charge in [-0.15, -0.1) is 11.3 Å². The molecule has 3 heterocycles. The normalized spacial score (nSPS) is 28.3. The molecule has 1 saturated carbocycles. The summed E-state index contributed by atoms with van der Waals surface area (Å²) in [5.74, 6) is 0.819. The van der Waals surface area contributed by atoms with Crippen LogP contribution >= 0.6 is 11.3 Å². The van der Waals surface area contributed by atoms with E-state index in [-0.39, 0.29) is 5.60 Å². The highest BCUT2D eigenvalue weighted by Crippen LogP contribution is 2.37. The molecule has 0 N–H and O–H groups in total. The molecule has 2 saturated heterocycles. The monoisotopic (exact) mass is 336 g/mol. The number of hydrogen-bond acceptors (Lipinski definition) is 5. The Hall–Kier alpha value is -0.490. The van der Waals surface area contributed by atoms with Crippen molar-refractivity contribution in [2.75, 3.05) is 26.3 Å². The molecule has 1 aliphatic carbocycles. The molecule has 4 nitrogen and oxygen atoms in total. The summed E-state index contributed by atoms with van der Waals surface area (Å²) in [7, 11) is 0. The fraction of sp³-hybridized carbons (Fsp3) is 0.833. The first kappa shape index (κ1) is 16.0. The van der Waals surface area contributed by atoms with Crippen LogP contribution in [0, 0.1) is 12.8 Å². The third-order valence-electron chi connectivity index (χ3n) is 5.54. The SMILES string of the molecule is Cc1csc(CN2CC3(C[C@@H](OCC4CCCC4)CCO3)C2)n1. The maximum absolute atomic E-state index is 6.25. The van der Waals surface area contributed by atoms with Gasteiger partial charge in [0.05, 0.1) is 18.2 Å².